The van der Waals surface area contributed by atoms with Crippen LogP contribution in [-0.2, 0) is 9.53 Å². The molecule has 0 unspecified atom stereocenters. The van der Waals surface area contributed by atoms with Crippen molar-refractivity contribution in [1.29, 1.82) is 5.26 Å². The van der Waals surface area contributed by atoms with E-state index in [2.05, 4.69) is 4.90 Å². The highest BCUT2D eigenvalue weighted by atomic mass is 16.5. The van der Waals surface area contributed by atoms with Gasteiger partial charge in [-0.15, -0.1) is 0 Å². The van der Waals surface area contributed by atoms with E-state index in [-0.39, 0.29) is 23.3 Å². The Bertz CT molecular complexity index is 1360. The topological polar surface area (TPSA) is 100 Å². The maximum absolute atomic E-state index is 13.5. The lowest BCUT2D eigenvalue weighted by Gasteiger charge is -2.37. The van der Waals surface area contributed by atoms with E-state index in [9.17, 15) is 14.9 Å². The highest BCUT2D eigenvalue weighted by Crippen LogP contribution is 2.25. The number of nitrogens with zero attached hydrogens (tertiary/aromatic N) is 5. The molecule has 9 heteroatoms. The fourth-order valence-corrected chi connectivity index (χ4v) is 4.13. The third-order valence-corrected chi connectivity index (χ3v) is 5.99. The number of esters is 1. The number of fused-ring (bicyclic) bond motifs is 1. The smallest absolute Gasteiger partial charge is 0.348 e. The number of rotatable bonds is 6. The van der Waals surface area contributed by atoms with Crippen LogP contribution in [0, 0.1) is 18.3 Å². The summed E-state index contributed by atoms with van der Waals surface area (Å²) in [5.41, 5.74) is 2.08. The van der Waals surface area contributed by atoms with Crippen LogP contribution in [0.2, 0.25) is 0 Å². The second-order valence-corrected chi connectivity index (χ2v) is 8.10. The molecule has 180 valence electrons. The molecular weight excluding hydrogens is 446 g/mol. The van der Waals surface area contributed by atoms with Gasteiger partial charge in [0.15, 0.2) is 0 Å². The first-order valence-corrected chi connectivity index (χ1v) is 11.4. The van der Waals surface area contributed by atoms with Crippen LogP contribution in [0.15, 0.2) is 53.0 Å². The fraction of sp³-hybridized carbons (Fsp3) is 0.308. The molecule has 2 aromatic heterocycles. The molecule has 1 aromatic carbocycles. The van der Waals surface area contributed by atoms with Gasteiger partial charge in [0, 0.05) is 38.1 Å². The second kappa shape index (κ2) is 10.3. The highest BCUT2D eigenvalue weighted by molar-refractivity contribution is 5.98. The number of anilines is 2. The van der Waals surface area contributed by atoms with Gasteiger partial charge in [-0.3, -0.25) is 9.20 Å². The van der Waals surface area contributed by atoms with E-state index >= 15 is 0 Å². The number of aryl methyl sites for hydroxylation is 1. The van der Waals surface area contributed by atoms with Crippen LogP contribution < -0.4 is 20.1 Å². The SMILES string of the molecule is CCOC(=O)/C(C#N)=C/c1c(N2CCN(c3ccc(OC)cc3)CC2)nc2c(C)cccn2c1=O. The van der Waals surface area contributed by atoms with Crippen molar-refractivity contribution in [3.8, 4) is 11.8 Å². The first-order valence-electron chi connectivity index (χ1n) is 11.4. The minimum atomic E-state index is -0.765. The van der Waals surface area contributed by atoms with E-state index in [0.29, 0.717) is 37.6 Å². The van der Waals surface area contributed by atoms with Gasteiger partial charge in [0.25, 0.3) is 5.56 Å². The number of hydrogen-bond donors (Lipinski definition) is 0. The summed E-state index contributed by atoms with van der Waals surface area (Å²) in [4.78, 5) is 34.9. The summed E-state index contributed by atoms with van der Waals surface area (Å²) >= 11 is 0. The number of benzene rings is 1. The van der Waals surface area contributed by atoms with Crippen molar-refractivity contribution in [1.82, 2.24) is 9.38 Å². The van der Waals surface area contributed by atoms with E-state index in [0.717, 1.165) is 17.0 Å². The van der Waals surface area contributed by atoms with Crippen LogP contribution in [0.1, 0.15) is 18.1 Å². The van der Waals surface area contributed by atoms with Crippen LogP contribution in [0.3, 0.4) is 0 Å². The first-order chi connectivity index (χ1) is 17.0. The molecule has 0 saturated carbocycles. The van der Waals surface area contributed by atoms with Crippen LogP contribution >= 0.6 is 0 Å². The Morgan fingerprint density at radius 3 is 2.46 bits per heavy atom. The number of carbonyl (C=O) groups is 1. The molecule has 35 heavy (non-hydrogen) atoms. The van der Waals surface area contributed by atoms with Gasteiger partial charge in [-0.2, -0.15) is 5.26 Å². The summed E-state index contributed by atoms with van der Waals surface area (Å²) in [5.74, 6) is 0.490. The van der Waals surface area contributed by atoms with Crippen molar-refractivity contribution in [3.05, 3.63) is 69.6 Å². The second-order valence-electron chi connectivity index (χ2n) is 8.10. The Labute approximate surface area is 203 Å². The first kappa shape index (κ1) is 23.8. The number of piperazine rings is 1. The van der Waals surface area contributed by atoms with Gasteiger partial charge < -0.3 is 19.3 Å². The van der Waals surface area contributed by atoms with E-state index in [4.69, 9.17) is 14.5 Å². The molecule has 3 heterocycles. The zero-order valence-corrected chi connectivity index (χ0v) is 20.0. The van der Waals surface area contributed by atoms with Crippen molar-refractivity contribution in [3.63, 3.8) is 0 Å². The molecule has 4 rings (SSSR count). The third kappa shape index (κ3) is 4.82. The molecule has 0 bridgehead atoms. The maximum atomic E-state index is 13.5. The zero-order chi connectivity index (χ0) is 24.9. The predicted molar refractivity (Wildman–Crippen MR) is 134 cm³/mol. The largest absolute Gasteiger partial charge is 0.497 e. The maximum Gasteiger partial charge on any atom is 0.348 e. The van der Waals surface area contributed by atoms with Gasteiger partial charge in [0.05, 0.1) is 19.3 Å². The molecule has 1 aliphatic rings. The molecule has 0 N–H and O–H groups in total. The summed E-state index contributed by atoms with van der Waals surface area (Å²) in [5, 5.41) is 9.55. The molecule has 0 aliphatic carbocycles. The lowest BCUT2D eigenvalue weighted by Crippen LogP contribution is -2.47. The summed E-state index contributed by atoms with van der Waals surface area (Å²) in [7, 11) is 1.64. The molecule has 3 aromatic rings. The Morgan fingerprint density at radius 2 is 1.83 bits per heavy atom. The van der Waals surface area contributed by atoms with Gasteiger partial charge in [0.1, 0.15) is 28.9 Å². The van der Waals surface area contributed by atoms with Crippen LogP contribution in [0.25, 0.3) is 11.7 Å². The van der Waals surface area contributed by atoms with E-state index < -0.39 is 5.97 Å². The quantitative estimate of drug-likeness (QED) is 0.306. The Kier molecular flexibility index (Phi) is 7.01. The van der Waals surface area contributed by atoms with Crippen molar-refractivity contribution in [2.24, 2.45) is 0 Å². The van der Waals surface area contributed by atoms with E-state index in [1.807, 2.05) is 48.2 Å². The third-order valence-electron chi connectivity index (χ3n) is 5.99. The van der Waals surface area contributed by atoms with E-state index in [1.54, 1.807) is 26.3 Å². The molecule has 1 fully saturated rings. The Balaban J connectivity index is 1.73. The number of nitriles is 1. The van der Waals surface area contributed by atoms with Crippen molar-refractivity contribution >= 4 is 29.2 Å². The normalized spacial score (nSPS) is 14.1. The number of methoxy groups -OCH3 is 1. The van der Waals surface area contributed by atoms with Gasteiger partial charge in [-0.25, -0.2) is 9.78 Å². The number of carbonyl (C=O) groups excluding carboxylic acids is 1. The van der Waals surface area contributed by atoms with Crippen LogP contribution in [0.4, 0.5) is 11.5 Å². The molecule has 9 nitrogen and oxygen atoms in total. The summed E-state index contributed by atoms with van der Waals surface area (Å²) in [6.07, 6.45) is 2.93. The summed E-state index contributed by atoms with van der Waals surface area (Å²) in [6.45, 7) is 6.34. The van der Waals surface area contributed by atoms with Gasteiger partial charge in [-0.1, -0.05) is 6.07 Å². The van der Waals surface area contributed by atoms with Gasteiger partial charge >= 0.3 is 5.97 Å². The number of aromatic nitrogens is 2. The van der Waals surface area contributed by atoms with Crippen LogP contribution in [0.5, 0.6) is 5.75 Å². The minimum absolute atomic E-state index is 0.131. The molecule has 0 atom stereocenters. The molecular formula is C26H27N5O4. The number of pyridine rings is 1. The average molecular weight is 474 g/mol. The lowest BCUT2D eigenvalue weighted by atomic mass is 10.1. The van der Waals surface area contributed by atoms with Gasteiger partial charge in [0.2, 0.25) is 0 Å². The Morgan fingerprint density at radius 1 is 1.14 bits per heavy atom. The molecule has 0 spiro atoms. The molecule has 0 amide bonds. The molecule has 1 aliphatic heterocycles. The highest BCUT2D eigenvalue weighted by Gasteiger charge is 2.24. The monoisotopic (exact) mass is 473 g/mol. The summed E-state index contributed by atoms with van der Waals surface area (Å²) < 4.78 is 11.7. The number of hydrogen-bond acceptors (Lipinski definition) is 8. The predicted octanol–water partition coefficient (Wildman–Crippen LogP) is 2.81. The van der Waals surface area contributed by atoms with Gasteiger partial charge in [-0.05, 0) is 55.8 Å². The van der Waals surface area contributed by atoms with Crippen LogP contribution in [-0.4, -0.2) is 55.2 Å². The van der Waals surface area contributed by atoms with E-state index in [1.165, 1.54) is 10.5 Å². The fourth-order valence-electron chi connectivity index (χ4n) is 4.13. The Hall–Kier alpha value is -4.32. The number of ether oxygens (including phenoxy) is 2. The standard InChI is InChI=1S/C26H27N5O4/c1-4-35-26(33)19(17-27)16-22-24(28-23-18(2)6-5-11-31(23)25(22)32)30-14-12-29(13-15-30)20-7-9-21(34-3)10-8-20/h5-11,16H,4,12-15H2,1-3H3/b19-16+. The van der Waals surface area contributed by atoms with Crippen molar-refractivity contribution in [2.45, 2.75) is 13.8 Å². The molecule has 0 radical (unpaired) electrons. The van der Waals surface area contributed by atoms with Crippen molar-refractivity contribution < 1.29 is 14.3 Å². The minimum Gasteiger partial charge on any atom is -0.497 e. The molecule has 1 saturated heterocycles. The average Bonchev–Trinajstić information content (AvgIpc) is 2.89. The summed E-state index contributed by atoms with van der Waals surface area (Å²) in [6, 6.07) is 13.4. The zero-order valence-electron chi connectivity index (χ0n) is 20.0. The van der Waals surface area contributed by atoms with Crippen molar-refractivity contribution in [2.75, 3.05) is 49.7 Å². The lowest BCUT2D eigenvalue weighted by molar-refractivity contribution is -0.137.